The van der Waals surface area contributed by atoms with Gasteiger partial charge in [0.2, 0.25) is 5.13 Å². The van der Waals surface area contributed by atoms with Crippen LogP contribution in [0, 0.1) is 0 Å². The van der Waals surface area contributed by atoms with Gasteiger partial charge in [-0.05, 0) is 17.9 Å². The highest BCUT2D eigenvalue weighted by Gasteiger charge is 2.11. The van der Waals surface area contributed by atoms with E-state index in [-0.39, 0.29) is 0 Å². The second-order valence-electron chi connectivity index (χ2n) is 4.12. The third-order valence-corrected chi connectivity index (χ3v) is 5.19. The minimum atomic E-state index is 0.564. The molecule has 0 radical (unpaired) electrons. The van der Waals surface area contributed by atoms with Gasteiger partial charge in [-0.1, -0.05) is 35.2 Å². The SMILES string of the molecule is CCCNc1nnc(SCc2noc(-c3ccsc3)n2)s1. The molecule has 3 rings (SSSR count). The minimum absolute atomic E-state index is 0.564. The maximum atomic E-state index is 5.24. The molecular formula is C12H13N5OS3. The predicted molar refractivity (Wildman–Crippen MR) is 85.9 cm³/mol. The Bertz CT molecular complexity index is 679. The van der Waals surface area contributed by atoms with Gasteiger partial charge in [0.25, 0.3) is 5.89 Å². The second-order valence-corrected chi connectivity index (χ2v) is 7.10. The lowest BCUT2D eigenvalue weighted by atomic mass is 10.3. The molecule has 9 heteroatoms. The Morgan fingerprint density at radius 3 is 3.14 bits per heavy atom. The van der Waals surface area contributed by atoms with E-state index in [1.165, 1.54) is 0 Å². The molecule has 0 aliphatic rings. The number of hydrogen-bond donors (Lipinski definition) is 1. The molecule has 0 saturated heterocycles. The first-order valence-electron chi connectivity index (χ1n) is 6.40. The number of thioether (sulfide) groups is 1. The topological polar surface area (TPSA) is 76.7 Å². The molecule has 0 amide bonds. The average molecular weight is 339 g/mol. The van der Waals surface area contributed by atoms with E-state index in [0.29, 0.717) is 17.5 Å². The zero-order chi connectivity index (χ0) is 14.5. The van der Waals surface area contributed by atoms with Crippen LogP contribution in [0.2, 0.25) is 0 Å². The molecule has 0 aliphatic carbocycles. The van der Waals surface area contributed by atoms with Crippen LogP contribution >= 0.6 is 34.4 Å². The van der Waals surface area contributed by atoms with Crippen LogP contribution in [0.5, 0.6) is 0 Å². The first kappa shape index (κ1) is 14.5. The fourth-order valence-electron chi connectivity index (χ4n) is 1.51. The van der Waals surface area contributed by atoms with E-state index in [1.54, 1.807) is 34.4 Å². The van der Waals surface area contributed by atoms with Crippen LogP contribution in [0.25, 0.3) is 11.5 Å². The highest BCUT2D eigenvalue weighted by atomic mass is 32.2. The summed E-state index contributed by atoms with van der Waals surface area (Å²) in [6.07, 6.45) is 1.07. The molecule has 6 nitrogen and oxygen atoms in total. The molecule has 110 valence electrons. The molecule has 0 saturated carbocycles. The van der Waals surface area contributed by atoms with E-state index in [1.807, 2.05) is 16.8 Å². The van der Waals surface area contributed by atoms with E-state index in [9.17, 15) is 0 Å². The molecule has 0 aliphatic heterocycles. The van der Waals surface area contributed by atoms with Gasteiger partial charge in [-0.15, -0.1) is 10.2 Å². The molecule has 0 spiro atoms. The van der Waals surface area contributed by atoms with Crippen molar-refractivity contribution in [3.05, 3.63) is 22.7 Å². The molecule has 3 heterocycles. The van der Waals surface area contributed by atoms with Gasteiger partial charge >= 0.3 is 0 Å². The minimum Gasteiger partial charge on any atom is -0.360 e. The van der Waals surface area contributed by atoms with Gasteiger partial charge in [0.15, 0.2) is 10.2 Å². The second kappa shape index (κ2) is 7.01. The van der Waals surface area contributed by atoms with E-state index in [4.69, 9.17) is 4.52 Å². The Balaban J connectivity index is 1.56. The summed E-state index contributed by atoms with van der Waals surface area (Å²) in [6.45, 7) is 3.03. The summed E-state index contributed by atoms with van der Waals surface area (Å²) in [5, 5.41) is 20.2. The molecule has 0 aromatic carbocycles. The van der Waals surface area contributed by atoms with Crippen molar-refractivity contribution in [3.63, 3.8) is 0 Å². The van der Waals surface area contributed by atoms with Crippen molar-refractivity contribution in [2.45, 2.75) is 23.4 Å². The summed E-state index contributed by atoms with van der Waals surface area (Å²) >= 11 is 4.71. The van der Waals surface area contributed by atoms with E-state index in [0.717, 1.165) is 28.0 Å². The monoisotopic (exact) mass is 339 g/mol. The Hall–Kier alpha value is -1.45. The predicted octanol–water partition coefficient (Wildman–Crippen LogP) is 3.76. The standard InChI is InChI=1S/C12H13N5OS3/c1-2-4-13-11-15-16-12(21-11)20-7-9-14-10(18-17-9)8-3-5-19-6-8/h3,5-6H,2,4,7H2,1H3,(H,13,15). The summed E-state index contributed by atoms with van der Waals surface area (Å²) in [7, 11) is 0. The Morgan fingerprint density at radius 1 is 1.38 bits per heavy atom. The average Bonchev–Trinajstić information content (AvgIpc) is 3.22. The molecule has 0 bridgehead atoms. The number of anilines is 1. The van der Waals surface area contributed by atoms with Crippen LogP contribution in [-0.2, 0) is 5.75 Å². The summed E-state index contributed by atoms with van der Waals surface area (Å²) in [5.74, 6) is 1.85. The third-order valence-electron chi connectivity index (χ3n) is 2.49. The Labute approximate surface area is 134 Å². The lowest BCUT2D eigenvalue weighted by molar-refractivity contribution is 0.425. The third kappa shape index (κ3) is 3.80. The van der Waals surface area contributed by atoms with E-state index >= 15 is 0 Å². The zero-order valence-corrected chi connectivity index (χ0v) is 13.7. The molecule has 1 N–H and O–H groups in total. The molecule has 0 fully saturated rings. The van der Waals surface area contributed by atoms with Crippen molar-refractivity contribution in [3.8, 4) is 11.5 Å². The van der Waals surface area contributed by atoms with Crippen LogP contribution in [0.1, 0.15) is 19.2 Å². The lowest BCUT2D eigenvalue weighted by Gasteiger charge is -1.95. The number of hydrogen-bond acceptors (Lipinski definition) is 9. The number of rotatable bonds is 7. The summed E-state index contributed by atoms with van der Waals surface area (Å²) in [6, 6.07) is 1.96. The largest absolute Gasteiger partial charge is 0.360 e. The maximum Gasteiger partial charge on any atom is 0.258 e. The molecule has 21 heavy (non-hydrogen) atoms. The van der Waals surface area contributed by atoms with Crippen LogP contribution in [0.15, 0.2) is 25.7 Å². The van der Waals surface area contributed by atoms with Crippen LogP contribution in [-0.4, -0.2) is 26.9 Å². The summed E-state index contributed by atoms with van der Waals surface area (Å²) in [5.41, 5.74) is 0.964. The molecule has 0 unspecified atom stereocenters. The number of aromatic nitrogens is 4. The summed E-state index contributed by atoms with van der Waals surface area (Å²) in [4.78, 5) is 4.37. The molecule has 3 aromatic rings. The van der Waals surface area contributed by atoms with Crippen LogP contribution in [0.4, 0.5) is 5.13 Å². The number of nitrogens with zero attached hydrogens (tertiary/aromatic N) is 4. The zero-order valence-electron chi connectivity index (χ0n) is 11.3. The van der Waals surface area contributed by atoms with Crippen molar-refractivity contribution >= 4 is 39.6 Å². The van der Waals surface area contributed by atoms with Crippen LogP contribution in [0.3, 0.4) is 0 Å². The fraction of sp³-hybridized carbons (Fsp3) is 0.333. The first-order valence-corrected chi connectivity index (χ1v) is 9.15. The molecule has 3 aromatic heterocycles. The smallest absolute Gasteiger partial charge is 0.258 e. The van der Waals surface area contributed by atoms with Gasteiger partial charge in [-0.2, -0.15) is 16.3 Å². The maximum absolute atomic E-state index is 5.24. The molecule has 0 atom stereocenters. The van der Waals surface area contributed by atoms with Gasteiger partial charge in [0, 0.05) is 11.9 Å². The normalized spacial score (nSPS) is 10.9. The van der Waals surface area contributed by atoms with Gasteiger partial charge in [0.05, 0.1) is 11.3 Å². The highest BCUT2D eigenvalue weighted by Crippen LogP contribution is 2.28. The van der Waals surface area contributed by atoms with Gasteiger partial charge in [-0.3, -0.25) is 0 Å². The van der Waals surface area contributed by atoms with Crippen LogP contribution < -0.4 is 5.32 Å². The summed E-state index contributed by atoms with van der Waals surface area (Å²) < 4.78 is 6.14. The van der Waals surface area contributed by atoms with Gasteiger partial charge < -0.3 is 9.84 Å². The van der Waals surface area contributed by atoms with Crippen molar-refractivity contribution in [2.75, 3.05) is 11.9 Å². The van der Waals surface area contributed by atoms with Crippen molar-refractivity contribution < 1.29 is 4.52 Å². The Morgan fingerprint density at radius 2 is 2.33 bits per heavy atom. The molecular weight excluding hydrogens is 326 g/mol. The fourth-order valence-corrected chi connectivity index (χ4v) is 3.76. The number of thiophene rings is 1. The Kier molecular flexibility index (Phi) is 4.84. The van der Waals surface area contributed by atoms with Crippen molar-refractivity contribution in [2.24, 2.45) is 0 Å². The van der Waals surface area contributed by atoms with Crippen molar-refractivity contribution in [1.29, 1.82) is 0 Å². The number of nitrogens with one attached hydrogen (secondary N) is 1. The quantitative estimate of drug-likeness (QED) is 0.657. The van der Waals surface area contributed by atoms with Gasteiger partial charge in [-0.25, -0.2) is 0 Å². The highest BCUT2D eigenvalue weighted by molar-refractivity contribution is 8.00. The lowest BCUT2D eigenvalue weighted by Crippen LogP contribution is -1.98. The van der Waals surface area contributed by atoms with Crippen molar-refractivity contribution in [1.82, 2.24) is 20.3 Å². The first-order chi connectivity index (χ1) is 10.3. The van der Waals surface area contributed by atoms with Gasteiger partial charge in [0.1, 0.15) is 0 Å². The van der Waals surface area contributed by atoms with E-state index in [2.05, 4.69) is 32.6 Å². The van der Waals surface area contributed by atoms with E-state index < -0.39 is 0 Å².